The minimum absolute atomic E-state index is 0.220. The Balaban J connectivity index is 2.18. The van der Waals surface area contributed by atoms with E-state index in [0.717, 1.165) is 17.7 Å². The summed E-state index contributed by atoms with van der Waals surface area (Å²) in [5.74, 6) is 0.519. The van der Waals surface area contributed by atoms with E-state index in [0.29, 0.717) is 36.1 Å². The van der Waals surface area contributed by atoms with Crippen LogP contribution in [-0.4, -0.2) is 19.1 Å². The molecule has 0 saturated heterocycles. The number of hydrogen-bond donors (Lipinski definition) is 1. The Morgan fingerprint density at radius 3 is 2.67 bits per heavy atom. The zero-order chi connectivity index (χ0) is 17.4. The van der Waals surface area contributed by atoms with Crippen LogP contribution in [0.3, 0.4) is 0 Å². The van der Waals surface area contributed by atoms with Crippen molar-refractivity contribution in [1.29, 1.82) is 0 Å². The van der Waals surface area contributed by atoms with Crippen LogP contribution < -0.4 is 10.1 Å². The average Bonchev–Trinajstić information content (AvgIpc) is 2.58. The third-order valence-electron chi connectivity index (χ3n) is 3.35. The second-order valence-electron chi connectivity index (χ2n) is 5.24. The lowest BCUT2D eigenvalue weighted by molar-refractivity contribution is 0.102. The molecule has 0 fully saturated rings. The van der Waals surface area contributed by atoms with Gasteiger partial charge in [-0.1, -0.05) is 30.7 Å². The van der Waals surface area contributed by atoms with E-state index in [9.17, 15) is 4.79 Å². The number of halogens is 1. The molecule has 5 heteroatoms. The van der Waals surface area contributed by atoms with Gasteiger partial charge < -0.3 is 14.8 Å². The summed E-state index contributed by atoms with van der Waals surface area (Å²) < 4.78 is 11.2. The summed E-state index contributed by atoms with van der Waals surface area (Å²) in [5.41, 5.74) is 1.98. The maximum absolute atomic E-state index is 12.5. The molecule has 0 saturated carbocycles. The topological polar surface area (TPSA) is 47.6 Å². The molecular formula is C19H22ClNO3. The summed E-state index contributed by atoms with van der Waals surface area (Å²) >= 11 is 6.08. The van der Waals surface area contributed by atoms with Crippen molar-refractivity contribution in [2.75, 3.05) is 18.5 Å². The van der Waals surface area contributed by atoms with Gasteiger partial charge in [-0.3, -0.25) is 4.79 Å². The molecule has 0 bridgehead atoms. The minimum Gasteiger partial charge on any atom is -0.494 e. The van der Waals surface area contributed by atoms with Crippen molar-refractivity contribution < 1.29 is 14.3 Å². The maximum atomic E-state index is 12.5. The lowest BCUT2D eigenvalue weighted by atomic mass is 10.1. The fourth-order valence-electron chi connectivity index (χ4n) is 2.21. The first-order valence-electron chi connectivity index (χ1n) is 8.05. The minimum atomic E-state index is -0.220. The zero-order valence-electron chi connectivity index (χ0n) is 14.0. The normalized spacial score (nSPS) is 10.5. The van der Waals surface area contributed by atoms with Crippen LogP contribution in [0.4, 0.5) is 5.69 Å². The fourth-order valence-corrected chi connectivity index (χ4v) is 2.40. The van der Waals surface area contributed by atoms with Crippen LogP contribution in [0.5, 0.6) is 5.75 Å². The number of hydrogen-bond acceptors (Lipinski definition) is 3. The van der Waals surface area contributed by atoms with Crippen molar-refractivity contribution in [2.45, 2.75) is 26.9 Å². The number of anilines is 1. The Morgan fingerprint density at radius 2 is 1.96 bits per heavy atom. The standard InChI is InChI=1S/C19H22ClNO3/c1-3-11-23-13-15-12-14(9-10-18(15)24-4-2)19(22)21-17-8-6-5-7-16(17)20/h5-10,12H,3-4,11,13H2,1-2H3,(H,21,22). The molecule has 4 nitrogen and oxygen atoms in total. The quantitative estimate of drug-likeness (QED) is 0.689. The van der Waals surface area contributed by atoms with Crippen molar-refractivity contribution in [3.63, 3.8) is 0 Å². The Bertz CT molecular complexity index is 688. The van der Waals surface area contributed by atoms with Gasteiger partial charge in [-0.2, -0.15) is 0 Å². The summed E-state index contributed by atoms with van der Waals surface area (Å²) in [6, 6.07) is 12.5. The van der Waals surface area contributed by atoms with E-state index < -0.39 is 0 Å². The van der Waals surface area contributed by atoms with Gasteiger partial charge in [0.05, 0.1) is 23.9 Å². The van der Waals surface area contributed by atoms with E-state index in [4.69, 9.17) is 21.1 Å². The molecule has 2 rings (SSSR count). The first kappa shape index (κ1) is 18.3. The first-order valence-corrected chi connectivity index (χ1v) is 8.42. The van der Waals surface area contributed by atoms with E-state index in [1.807, 2.05) is 19.1 Å². The summed E-state index contributed by atoms with van der Waals surface area (Å²) in [4.78, 5) is 12.5. The van der Waals surface area contributed by atoms with Crippen LogP contribution in [0, 0.1) is 0 Å². The molecule has 0 spiro atoms. The van der Waals surface area contributed by atoms with Gasteiger partial charge in [-0.15, -0.1) is 0 Å². The Labute approximate surface area is 147 Å². The molecule has 0 aliphatic carbocycles. The lowest BCUT2D eigenvalue weighted by Gasteiger charge is -2.13. The molecule has 1 amide bonds. The fraction of sp³-hybridized carbons (Fsp3) is 0.316. The van der Waals surface area contributed by atoms with E-state index >= 15 is 0 Å². The molecule has 24 heavy (non-hydrogen) atoms. The number of carbonyl (C=O) groups excluding carboxylic acids is 1. The molecule has 0 unspecified atom stereocenters. The number of nitrogens with one attached hydrogen (secondary N) is 1. The Kier molecular flexibility index (Phi) is 7.09. The first-order chi connectivity index (χ1) is 11.7. The summed E-state index contributed by atoms with van der Waals surface area (Å²) in [7, 11) is 0. The highest BCUT2D eigenvalue weighted by atomic mass is 35.5. The van der Waals surface area contributed by atoms with Gasteiger partial charge in [0.15, 0.2) is 0 Å². The highest BCUT2D eigenvalue weighted by molar-refractivity contribution is 6.33. The summed E-state index contributed by atoms with van der Waals surface area (Å²) in [5, 5.41) is 3.32. The second-order valence-corrected chi connectivity index (χ2v) is 5.65. The Morgan fingerprint density at radius 1 is 1.17 bits per heavy atom. The molecule has 0 heterocycles. The van der Waals surface area contributed by atoms with Gasteiger partial charge in [-0.05, 0) is 43.7 Å². The highest BCUT2D eigenvalue weighted by Gasteiger charge is 2.12. The molecule has 0 radical (unpaired) electrons. The molecular weight excluding hydrogens is 326 g/mol. The SMILES string of the molecule is CCCOCc1cc(C(=O)Nc2ccccc2Cl)ccc1OCC. The van der Waals surface area contributed by atoms with Crippen molar-refractivity contribution in [3.05, 3.63) is 58.6 Å². The van der Waals surface area contributed by atoms with Gasteiger partial charge in [-0.25, -0.2) is 0 Å². The van der Waals surface area contributed by atoms with Crippen LogP contribution >= 0.6 is 11.6 Å². The van der Waals surface area contributed by atoms with Crippen molar-refractivity contribution in [1.82, 2.24) is 0 Å². The molecule has 0 aliphatic heterocycles. The van der Waals surface area contributed by atoms with Gasteiger partial charge in [0.2, 0.25) is 0 Å². The Hall–Kier alpha value is -2.04. The zero-order valence-corrected chi connectivity index (χ0v) is 14.7. The van der Waals surface area contributed by atoms with Crippen LogP contribution in [0.1, 0.15) is 36.2 Å². The number of rotatable bonds is 8. The predicted octanol–water partition coefficient (Wildman–Crippen LogP) is 4.92. The summed E-state index contributed by atoms with van der Waals surface area (Å²) in [6.45, 7) is 5.62. The smallest absolute Gasteiger partial charge is 0.255 e. The molecule has 0 atom stereocenters. The van der Waals surface area contributed by atoms with Crippen molar-refractivity contribution >= 4 is 23.2 Å². The number of amides is 1. The predicted molar refractivity (Wildman–Crippen MR) is 97.0 cm³/mol. The van der Waals surface area contributed by atoms with Crippen molar-refractivity contribution in [3.8, 4) is 5.75 Å². The molecule has 0 aromatic heterocycles. The van der Waals surface area contributed by atoms with Gasteiger partial charge in [0, 0.05) is 17.7 Å². The van der Waals surface area contributed by atoms with E-state index in [2.05, 4.69) is 12.2 Å². The number of benzene rings is 2. The lowest BCUT2D eigenvalue weighted by Crippen LogP contribution is -2.13. The third-order valence-corrected chi connectivity index (χ3v) is 3.68. The van der Waals surface area contributed by atoms with Gasteiger partial charge >= 0.3 is 0 Å². The molecule has 128 valence electrons. The van der Waals surface area contributed by atoms with E-state index in [1.165, 1.54) is 0 Å². The molecule has 1 N–H and O–H groups in total. The van der Waals surface area contributed by atoms with Crippen LogP contribution in [0.15, 0.2) is 42.5 Å². The average molecular weight is 348 g/mol. The van der Waals surface area contributed by atoms with Crippen molar-refractivity contribution in [2.24, 2.45) is 0 Å². The van der Waals surface area contributed by atoms with Crippen LogP contribution in [-0.2, 0) is 11.3 Å². The molecule has 2 aromatic carbocycles. The van der Waals surface area contributed by atoms with Crippen LogP contribution in [0.2, 0.25) is 5.02 Å². The highest BCUT2D eigenvalue weighted by Crippen LogP contribution is 2.24. The number of para-hydroxylation sites is 1. The molecule has 2 aromatic rings. The largest absolute Gasteiger partial charge is 0.494 e. The van der Waals surface area contributed by atoms with Gasteiger partial charge in [0.25, 0.3) is 5.91 Å². The van der Waals surface area contributed by atoms with Crippen LogP contribution in [0.25, 0.3) is 0 Å². The summed E-state index contributed by atoms with van der Waals surface area (Å²) in [6.07, 6.45) is 0.941. The van der Waals surface area contributed by atoms with E-state index in [1.54, 1.807) is 30.3 Å². The third kappa shape index (κ3) is 4.98. The maximum Gasteiger partial charge on any atom is 0.255 e. The number of ether oxygens (including phenoxy) is 2. The van der Waals surface area contributed by atoms with E-state index in [-0.39, 0.29) is 5.91 Å². The second kappa shape index (κ2) is 9.30. The number of carbonyl (C=O) groups is 1. The monoisotopic (exact) mass is 347 g/mol. The van der Waals surface area contributed by atoms with Gasteiger partial charge in [0.1, 0.15) is 5.75 Å². The molecule has 0 aliphatic rings.